The molecule has 7 nitrogen and oxygen atoms in total. The van der Waals surface area contributed by atoms with Gasteiger partial charge in [-0.3, -0.25) is 9.59 Å². The number of rotatable bonds is 9. The predicted molar refractivity (Wildman–Crippen MR) is 170 cm³/mol. The molecule has 0 amide bonds. The van der Waals surface area contributed by atoms with Crippen LogP contribution >= 0.6 is 23.2 Å². The zero-order valence-electron chi connectivity index (χ0n) is 25.9. The van der Waals surface area contributed by atoms with Crippen molar-refractivity contribution in [1.29, 1.82) is 0 Å². The number of Topliss-reactive ketones (excluding diaryl/α,β-unsaturated/α-hetero) is 2. The number of hydrogen-bond donors (Lipinski definition) is 1. The highest BCUT2D eigenvalue weighted by molar-refractivity contribution is 6.35. The lowest BCUT2D eigenvalue weighted by atomic mass is 9.63. The summed E-state index contributed by atoms with van der Waals surface area (Å²) in [7, 11) is 1.67. The summed E-state index contributed by atoms with van der Waals surface area (Å²) in [5, 5.41) is 9.92. The second-order valence-electron chi connectivity index (χ2n) is 13.6. The number of methoxy groups -OCH3 is 1. The molecule has 0 spiro atoms. The molecule has 3 aliphatic rings. The molecule has 0 saturated heterocycles. The van der Waals surface area contributed by atoms with Crippen molar-refractivity contribution >= 4 is 40.7 Å². The molecule has 234 valence electrons. The number of carbonyl (C=O) groups is 3. The second-order valence-corrected chi connectivity index (χ2v) is 14.5. The molecule has 5 rings (SSSR count). The molecule has 2 aromatic carbocycles. The van der Waals surface area contributed by atoms with Crippen LogP contribution in [0.25, 0.3) is 0 Å². The molecule has 0 radical (unpaired) electrons. The van der Waals surface area contributed by atoms with Crippen LogP contribution in [0.15, 0.2) is 58.9 Å². The summed E-state index contributed by atoms with van der Waals surface area (Å²) in [6, 6.07) is 9.76. The summed E-state index contributed by atoms with van der Waals surface area (Å²) in [6.07, 6.45) is 2.83. The zero-order valence-corrected chi connectivity index (χ0v) is 27.4. The SMILES string of the molecule is COCCCN1C2=C(C(=O)CC(C)(C)C2)C(c2cc(Cl)cc(Cl)c2OCc2ccc(C(=O)O)cc2)C2=C1CC(C)(C)CC2=O. The third kappa shape index (κ3) is 6.46. The van der Waals surface area contributed by atoms with E-state index in [1.807, 2.05) is 0 Å². The van der Waals surface area contributed by atoms with Crippen molar-refractivity contribution in [3.63, 3.8) is 0 Å². The molecule has 0 atom stereocenters. The van der Waals surface area contributed by atoms with Crippen molar-refractivity contribution in [2.45, 2.75) is 72.3 Å². The van der Waals surface area contributed by atoms with E-state index in [0.717, 1.165) is 23.4 Å². The average Bonchev–Trinajstić information content (AvgIpc) is 2.91. The van der Waals surface area contributed by atoms with Crippen molar-refractivity contribution in [2.75, 3.05) is 20.3 Å². The van der Waals surface area contributed by atoms with Crippen molar-refractivity contribution in [3.8, 4) is 5.75 Å². The lowest BCUT2D eigenvalue weighted by Crippen LogP contribution is -2.45. The van der Waals surface area contributed by atoms with Crippen LogP contribution < -0.4 is 4.74 Å². The van der Waals surface area contributed by atoms with Crippen molar-refractivity contribution in [1.82, 2.24) is 4.90 Å². The summed E-state index contributed by atoms with van der Waals surface area (Å²) in [5.41, 5.74) is 4.12. The van der Waals surface area contributed by atoms with E-state index in [-0.39, 0.29) is 39.6 Å². The number of nitrogens with zero attached hydrogens (tertiary/aromatic N) is 1. The van der Waals surface area contributed by atoms with Crippen LogP contribution in [0.3, 0.4) is 0 Å². The number of aromatic carboxylic acids is 1. The van der Waals surface area contributed by atoms with Gasteiger partial charge in [0.15, 0.2) is 11.6 Å². The molecule has 1 heterocycles. The summed E-state index contributed by atoms with van der Waals surface area (Å²) in [6.45, 7) is 9.74. The van der Waals surface area contributed by atoms with Gasteiger partial charge in [-0.15, -0.1) is 0 Å². The Bertz CT molecular complexity index is 1520. The van der Waals surface area contributed by atoms with Gasteiger partial charge >= 0.3 is 5.97 Å². The second kappa shape index (κ2) is 12.3. The molecule has 0 bridgehead atoms. The maximum absolute atomic E-state index is 14.2. The fourth-order valence-corrected chi connectivity index (χ4v) is 7.41. The van der Waals surface area contributed by atoms with E-state index in [1.165, 1.54) is 12.1 Å². The number of carboxylic acids is 1. The van der Waals surface area contributed by atoms with E-state index in [9.17, 15) is 19.5 Å². The molecule has 1 aliphatic heterocycles. The summed E-state index contributed by atoms with van der Waals surface area (Å²) >= 11 is 13.4. The molecule has 44 heavy (non-hydrogen) atoms. The van der Waals surface area contributed by atoms with Crippen LogP contribution in [0.1, 0.15) is 87.2 Å². The number of ether oxygens (including phenoxy) is 2. The van der Waals surface area contributed by atoms with Crippen LogP contribution in [-0.2, 0) is 20.9 Å². The van der Waals surface area contributed by atoms with Gasteiger partial charge < -0.3 is 19.5 Å². The van der Waals surface area contributed by atoms with Gasteiger partial charge in [-0.25, -0.2) is 4.79 Å². The Morgan fingerprint density at radius 1 is 0.932 bits per heavy atom. The van der Waals surface area contributed by atoms with Gasteiger partial charge in [0.25, 0.3) is 0 Å². The topological polar surface area (TPSA) is 93.1 Å². The van der Waals surface area contributed by atoms with Gasteiger partial charge in [-0.2, -0.15) is 0 Å². The highest BCUT2D eigenvalue weighted by Crippen LogP contribution is 2.56. The zero-order chi connectivity index (χ0) is 32.0. The van der Waals surface area contributed by atoms with Crippen LogP contribution in [0, 0.1) is 10.8 Å². The number of allylic oxidation sites excluding steroid dienone is 4. The fraction of sp³-hybridized carbons (Fsp3) is 0.457. The molecule has 0 fully saturated rings. The van der Waals surface area contributed by atoms with Gasteiger partial charge in [-0.1, -0.05) is 63.0 Å². The Hall–Kier alpha value is -3.13. The standard InChI is InChI=1S/C35H39Cl2NO6/c1-34(2)15-25-30(27(39)17-34)29(31-26(38(25)11-6-12-43-5)16-35(3,4)18-28(31)40)23-13-22(36)14-24(37)32(23)44-19-20-7-9-21(10-8-20)33(41)42/h7-10,13-14,29H,6,11-12,15-19H2,1-5H3,(H,41,42). The maximum Gasteiger partial charge on any atom is 0.335 e. The van der Waals surface area contributed by atoms with E-state index < -0.39 is 11.9 Å². The lowest BCUT2D eigenvalue weighted by molar-refractivity contribution is -0.119. The molecule has 0 unspecified atom stereocenters. The first-order valence-electron chi connectivity index (χ1n) is 14.9. The minimum atomic E-state index is -1.01. The van der Waals surface area contributed by atoms with Crippen LogP contribution in [-0.4, -0.2) is 47.8 Å². The number of benzene rings is 2. The van der Waals surface area contributed by atoms with E-state index in [1.54, 1.807) is 31.4 Å². The highest BCUT2D eigenvalue weighted by Gasteiger charge is 2.49. The molecule has 2 aliphatic carbocycles. The Labute approximate surface area is 268 Å². The summed E-state index contributed by atoms with van der Waals surface area (Å²) in [5.74, 6) is -1.32. The van der Waals surface area contributed by atoms with E-state index in [0.29, 0.717) is 66.3 Å². The first-order chi connectivity index (χ1) is 20.7. The van der Waals surface area contributed by atoms with Crippen LogP contribution in [0.4, 0.5) is 0 Å². The largest absolute Gasteiger partial charge is 0.487 e. The fourth-order valence-electron chi connectivity index (χ4n) is 6.84. The van der Waals surface area contributed by atoms with Crippen molar-refractivity contribution < 1.29 is 29.0 Å². The summed E-state index contributed by atoms with van der Waals surface area (Å²) < 4.78 is 11.7. The van der Waals surface area contributed by atoms with Crippen LogP contribution in [0.2, 0.25) is 10.0 Å². The minimum Gasteiger partial charge on any atom is -0.487 e. The molecule has 9 heteroatoms. The molecule has 2 aromatic rings. The smallest absolute Gasteiger partial charge is 0.335 e. The normalized spacial score (nSPS) is 19.7. The first kappa shape index (κ1) is 32.3. The number of carboxylic acid groups (broad SMARTS) is 1. The first-order valence-corrected chi connectivity index (χ1v) is 15.7. The molecule has 0 saturated carbocycles. The Morgan fingerprint density at radius 2 is 1.50 bits per heavy atom. The van der Waals surface area contributed by atoms with E-state index in [4.69, 9.17) is 32.7 Å². The Kier molecular flexibility index (Phi) is 9.05. The molecular formula is C35H39Cl2NO6. The molecular weight excluding hydrogens is 601 g/mol. The van der Waals surface area contributed by atoms with Gasteiger partial charge in [0.05, 0.1) is 10.6 Å². The van der Waals surface area contributed by atoms with Crippen molar-refractivity contribution in [3.05, 3.63) is 85.7 Å². The lowest BCUT2D eigenvalue weighted by Gasteiger charge is -2.49. The number of ketones is 2. The van der Waals surface area contributed by atoms with Gasteiger partial charge in [-0.05, 0) is 59.9 Å². The third-order valence-corrected chi connectivity index (χ3v) is 9.18. The highest BCUT2D eigenvalue weighted by atomic mass is 35.5. The quantitative estimate of drug-likeness (QED) is 0.278. The number of hydrogen-bond acceptors (Lipinski definition) is 6. The average molecular weight is 641 g/mol. The number of halogens is 2. The third-order valence-electron chi connectivity index (χ3n) is 8.68. The summed E-state index contributed by atoms with van der Waals surface area (Å²) in [4.78, 5) is 41.9. The Morgan fingerprint density at radius 3 is 2.02 bits per heavy atom. The predicted octanol–water partition coefficient (Wildman–Crippen LogP) is 7.99. The van der Waals surface area contributed by atoms with Crippen molar-refractivity contribution in [2.24, 2.45) is 10.8 Å². The molecule has 0 aromatic heterocycles. The van der Waals surface area contributed by atoms with Gasteiger partial charge in [0, 0.05) is 72.1 Å². The Balaban J connectivity index is 1.68. The number of carbonyl (C=O) groups excluding carboxylic acids is 2. The monoisotopic (exact) mass is 639 g/mol. The van der Waals surface area contributed by atoms with E-state index >= 15 is 0 Å². The molecule has 1 N–H and O–H groups in total. The van der Waals surface area contributed by atoms with Gasteiger partial charge in [0.1, 0.15) is 12.4 Å². The van der Waals surface area contributed by atoms with E-state index in [2.05, 4.69) is 32.6 Å². The maximum atomic E-state index is 14.2. The minimum absolute atomic E-state index is 0.00785. The van der Waals surface area contributed by atoms with Gasteiger partial charge in [0.2, 0.25) is 0 Å². The van der Waals surface area contributed by atoms with Crippen LogP contribution in [0.5, 0.6) is 5.75 Å².